The molecule has 0 aliphatic rings. The van der Waals surface area contributed by atoms with Gasteiger partial charge in [0.1, 0.15) is 0 Å². The summed E-state index contributed by atoms with van der Waals surface area (Å²) in [6.45, 7) is 4.51. The molecule has 0 aliphatic heterocycles. The van der Waals surface area contributed by atoms with Crippen molar-refractivity contribution >= 4 is 32.6 Å². The van der Waals surface area contributed by atoms with Crippen molar-refractivity contribution in [1.29, 1.82) is 0 Å². The summed E-state index contributed by atoms with van der Waals surface area (Å²) in [5, 5.41) is 0.693. The highest BCUT2D eigenvalue weighted by Crippen LogP contribution is 2.33. The van der Waals surface area contributed by atoms with Crippen LogP contribution in [0.2, 0.25) is 0 Å². The third-order valence-corrected chi connectivity index (χ3v) is 5.39. The van der Waals surface area contributed by atoms with Crippen molar-refractivity contribution in [2.45, 2.75) is 20.4 Å². The van der Waals surface area contributed by atoms with Crippen LogP contribution in [0.3, 0.4) is 0 Å². The number of benzene rings is 2. The van der Waals surface area contributed by atoms with Gasteiger partial charge >= 0.3 is 0 Å². The molecule has 4 rings (SSSR count). The van der Waals surface area contributed by atoms with E-state index in [4.69, 9.17) is 4.98 Å². The largest absolute Gasteiger partial charge is 0.278 e. The number of hydrogen-bond acceptors (Lipinski definition) is 4. The lowest BCUT2D eigenvalue weighted by molar-refractivity contribution is 0.0985. The summed E-state index contributed by atoms with van der Waals surface area (Å²) in [4.78, 5) is 24.1. The average Bonchev–Trinajstić information content (AvgIpc) is 3.11. The van der Waals surface area contributed by atoms with Crippen LogP contribution < -0.4 is 4.90 Å². The van der Waals surface area contributed by atoms with E-state index in [0.717, 1.165) is 21.5 Å². The summed E-state index contributed by atoms with van der Waals surface area (Å²) >= 11 is 1.54. The zero-order chi connectivity index (χ0) is 18.8. The Kier molecular flexibility index (Phi) is 4.69. The van der Waals surface area contributed by atoms with Crippen LogP contribution in [0.25, 0.3) is 10.2 Å². The maximum absolute atomic E-state index is 13.2. The molecule has 2 aromatic heterocycles. The number of rotatable bonds is 4. The zero-order valence-electron chi connectivity index (χ0n) is 15.2. The number of amides is 1. The standard InChI is InChI=1S/C22H19N3OS/c1-15-12-16(2)20-19(13-15)27-22(24-20)25(14-18-10-6-7-11-23-18)21(26)17-8-4-3-5-9-17/h3-13H,14H2,1-2H3. The van der Waals surface area contributed by atoms with Crippen molar-refractivity contribution in [3.63, 3.8) is 0 Å². The number of carbonyl (C=O) groups excluding carboxylic acids is 1. The highest BCUT2D eigenvalue weighted by Gasteiger charge is 2.22. The second-order valence-electron chi connectivity index (χ2n) is 6.50. The van der Waals surface area contributed by atoms with Gasteiger partial charge in [-0.2, -0.15) is 0 Å². The molecule has 134 valence electrons. The quantitative estimate of drug-likeness (QED) is 0.497. The van der Waals surface area contributed by atoms with Crippen molar-refractivity contribution in [1.82, 2.24) is 9.97 Å². The van der Waals surface area contributed by atoms with Gasteiger partial charge in [0, 0.05) is 11.8 Å². The predicted octanol–water partition coefficient (Wildman–Crippen LogP) is 5.16. The Morgan fingerprint density at radius 2 is 1.81 bits per heavy atom. The fourth-order valence-corrected chi connectivity index (χ4v) is 4.23. The number of fused-ring (bicyclic) bond motifs is 1. The van der Waals surface area contributed by atoms with Crippen LogP contribution in [0.15, 0.2) is 66.9 Å². The zero-order valence-corrected chi connectivity index (χ0v) is 16.0. The Balaban J connectivity index is 1.80. The Hall–Kier alpha value is -3.05. The van der Waals surface area contributed by atoms with Gasteiger partial charge in [0.05, 0.1) is 22.5 Å². The molecule has 4 aromatic rings. The Morgan fingerprint density at radius 1 is 1.04 bits per heavy atom. The Bertz CT molecular complexity index is 1090. The van der Waals surface area contributed by atoms with Crippen LogP contribution in [0.5, 0.6) is 0 Å². The van der Waals surface area contributed by atoms with E-state index in [1.54, 1.807) is 22.4 Å². The first-order valence-electron chi connectivity index (χ1n) is 8.76. The third-order valence-electron chi connectivity index (χ3n) is 4.36. The first-order valence-corrected chi connectivity index (χ1v) is 9.58. The molecule has 0 spiro atoms. The van der Waals surface area contributed by atoms with Crippen molar-refractivity contribution in [2.24, 2.45) is 0 Å². The van der Waals surface area contributed by atoms with Gasteiger partial charge in [0.15, 0.2) is 5.13 Å². The van der Waals surface area contributed by atoms with Crippen molar-refractivity contribution < 1.29 is 4.79 Å². The van der Waals surface area contributed by atoms with E-state index in [9.17, 15) is 4.79 Å². The smallest absolute Gasteiger partial charge is 0.260 e. The highest BCUT2D eigenvalue weighted by atomic mass is 32.1. The maximum Gasteiger partial charge on any atom is 0.260 e. The second kappa shape index (κ2) is 7.29. The normalized spacial score (nSPS) is 10.9. The molecular weight excluding hydrogens is 354 g/mol. The number of nitrogens with zero attached hydrogens (tertiary/aromatic N) is 3. The molecule has 27 heavy (non-hydrogen) atoms. The predicted molar refractivity (Wildman–Crippen MR) is 110 cm³/mol. The van der Waals surface area contributed by atoms with Gasteiger partial charge in [0.2, 0.25) is 0 Å². The fraction of sp³-hybridized carbons (Fsp3) is 0.136. The second-order valence-corrected chi connectivity index (χ2v) is 7.51. The molecular formula is C22H19N3OS. The number of aryl methyl sites for hydroxylation is 2. The van der Waals surface area contributed by atoms with Gasteiger partial charge in [0.25, 0.3) is 5.91 Å². The number of thiazole rings is 1. The summed E-state index contributed by atoms with van der Waals surface area (Å²) in [5.41, 5.74) is 4.74. The van der Waals surface area contributed by atoms with Gasteiger partial charge in [-0.3, -0.25) is 14.7 Å². The lowest BCUT2D eigenvalue weighted by Crippen LogP contribution is -2.30. The molecule has 4 nitrogen and oxygen atoms in total. The van der Waals surface area contributed by atoms with Gasteiger partial charge in [-0.25, -0.2) is 4.98 Å². The van der Waals surface area contributed by atoms with Crippen LogP contribution in [-0.2, 0) is 6.54 Å². The molecule has 0 fully saturated rings. The topological polar surface area (TPSA) is 46.1 Å². The molecule has 2 heterocycles. The molecule has 1 amide bonds. The number of pyridine rings is 1. The highest BCUT2D eigenvalue weighted by molar-refractivity contribution is 7.22. The molecule has 0 radical (unpaired) electrons. The van der Waals surface area contributed by atoms with Gasteiger partial charge in [-0.1, -0.05) is 41.7 Å². The number of hydrogen-bond donors (Lipinski definition) is 0. The average molecular weight is 373 g/mol. The van der Waals surface area contributed by atoms with E-state index in [1.165, 1.54) is 5.56 Å². The molecule has 0 atom stereocenters. The summed E-state index contributed by atoms with van der Waals surface area (Å²) in [6, 6.07) is 19.3. The molecule has 5 heteroatoms. The molecule has 0 N–H and O–H groups in total. The summed E-state index contributed by atoms with van der Waals surface area (Å²) < 4.78 is 1.09. The van der Waals surface area contributed by atoms with Crippen LogP contribution >= 0.6 is 11.3 Å². The maximum atomic E-state index is 13.2. The SMILES string of the molecule is Cc1cc(C)c2nc(N(Cc3ccccn3)C(=O)c3ccccc3)sc2c1. The summed E-state index contributed by atoms with van der Waals surface area (Å²) in [6.07, 6.45) is 1.74. The van der Waals surface area contributed by atoms with E-state index in [1.807, 2.05) is 48.5 Å². The van der Waals surface area contributed by atoms with E-state index in [-0.39, 0.29) is 5.91 Å². The van der Waals surface area contributed by atoms with Gasteiger partial charge < -0.3 is 0 Å². The minimum Gasteiger partial charge on any atom is -0.278 e. The van der Waals surface area contributed by atoms with Gasteiger partial charge in [-0.15, -0.1) is 0 Å². The van der Waals surface area contributed by atoms with Crippen molar-refractivity contribution in [2.75, 3.05) is 4.90 Å². The molecule has 0 saturated carbocycles. The van der Waals surface area contributed by atoms with Crippen molar-refractivity contribution in [3.05, 3.63) is 89.2 Å². The molecule has 0 saturated heterocycles. The minimum atomic E-state index is -0.0744. The first kappa shape index (κ1) is 17.4. The monoisotopic (exact) mass is 373 g/mol. The van der Waals surface area contributed by atoms with E-state index in [2.05, 4.69) is 31.0 Å². The van der Waals surface area contributed by atoms with Crippen LogP contribution in [-0.4, -0.2) is 15.9 Å². The minimum absolute atomic E-state index is 0.0744. The molecule has 0 bridgehead atoms. The summed E-state index contributed by atoms with van der Waals surface area (Å²) in [5.74, 6) is -0.0744. The van der Waals surface area contributed by atoms with Crippen LogP contribution in [0.1, 0.15) is 27.2 Å². The van der Waals surface area contributed by atoms with Crippen LogP contribution in [0.4, 0.5) is 5.13 Å². The number of carbonyl (C=O) groups is 1. The molecule has 0 aliphatic carbocycles. The summed E-state index contributed by atoms with van der Waals surface area (Å²) in [7, 11) is 0. The van der Waals surface area contributed by atoms with E-state index < -0.39 is 0 Å². The number of aromatic nitrogens is 2. The third kappa shape index (κ3) is 3.59. The Labute approximate surface area is 162 Å². The lowest BCUT2D eigenvalue weighted by Gasteiger charge is -2.19. The molecule has 2 aromatic carbocycles. The first-order chi connectivity index (χ1) is 13.1. The fourth-order valence-electron chi connectivity index (χ4n) is 3.09. The van der Waals surface area contributed by atoms with E-state index >= 15 is 0 Å². The lowest BCUT2D eigenvalue weighted by atomic mass is 10.1. The Morgan fingerprint density at radius 3 is 2.56 bits per heavy atom. The number of anilines is 1. The molecule has 0 unspecified atom stereocenters. The van der Waals surface area contributed by atoms with Crippen molar-refractivity contribution in [3.8, 4) is 0 Å². The van der Waals surface area contributed by atoms with Crippen LogP contribution in [0, 0.1) is 13.8 Å². The van der Waals surface area contributed by atoms with E-state index in [0.29, 0.717) is 17.2 Å². The van der Waals surface area contributed by atoms with Gasteiger partial charge in [-0.05, 0) is 55.3 Å².